The molecule has 1 fully saturated rings. The van der Waals surface area contributed by atoms with Crippen molar-refractivity contribution in [1.29, 1.82) is 0 Å². The van der Waals surface area contributed by atoms with Crippen molar-refractivity contribution in [3.63, 3.8) is 0 Å². The smallest absolute Gasteiger partial charge is 0.339 e. The van der Waals surface area contributed by atoms with Gasteiger partial charge >= 0.3 is 5.97 Å². The summed E-state index contributed by atoms with van der Waals surface area (Å²) in [6.07, 6.45) is 3.86. The van der Waals surface area contributed by atoms with Gasteiger partial charge in [0.05, 0.1) is 17.7 Å². The van der Waals surface area contributed by atoms with Crippen LogP contribution < -0.4 is 4.90 Å². The van der Waals surface area contributed by atoms with Crippen molar-refractivity contribution in [2.24, 2.45) is 0 Å². The minimum Gasteiger partial charge on any atom is -0.462 e. The van der Waals surface area contributed by atoms with Gasteiger partial charge in [0, 0.05) is 38.6 Å². The van der Waals surface area contributed by atoms with Crippen LogP contribution in [-0.4, -0.2) is 59.5 Å². The van der Waals surface area contributed by atoms with Gasteiger partial charge in [-0.15, -0.1) is 0 Å². The van der Waals surface area contributed by atoms with Gasteiger partial charge in [-0.05, 0) is 37.6 Å². The number of anilines is 1. The van der Waals surface area contributed by atoms with E-state index in [4.69, 9.17) is 16.3 Å². The number of amides is 1. The molecule has 0 bridgehead atoms. The molecule has 0 unspecified atom stereocenters. The van der Waals surface area contributed by atoms with Crippen molar-refractivity contribution in [2.75, 3.05) is 37.7 Å². The number of hydrogen-bond acceptors (Lipinski definition) is 6. The van der Waals surface area contributed by atoms with Crippen LogP contribution in [0.25, 0.3) is 0 Å². The molecule has 1 aliphatic rings. The monoisotopic (exact) mass is 388 g/mol. The van der Waals surface area contributed by atoms with Crippen LogP contribution in [0.4, 0.5) is 5.82 Å². The zero-order chi connectivity index (χ0) is 19.2. The molecule has 0 radical (unpaired) electrons. The molecule has 0 atom stereocenters. The third-order valence-corrected chi connectivity index (χ3v) is 4.56. The highest BCUT2D eigenvalue weighted by atomic mass is 35.5. The van der Waals surface area contributed by atoms with Gasteiger partial charge < -0.3 is 14.5 Å². The highest BCUT2D eigenvalue weighted by Crippen LogP contribution is 2.16. The number of carbonyl (C=O) groups excluding carboxylic acids is 2. The van der Waals surface area contributed by atoms with E-state index in [0.29, 0.717) is 42.5 Å². The van der Waals surface area contributed by atoms with Gasteiger partial charge in [0.25, 0.3) is 5.91 Å². The van der Waals surface area contributed by atoms with E-state index >= 15 is 0 Å². The number of aromatic nitrogens is 2. The molecule has 3 rings (SSSR count). The molecular formula is C19H21ClN4O3. The Morgan fingerprint density at radius 1 is 1.04 bits per heavy atom. The van der Waals surface area contributed by atoms with E-state index in [9.17, 15) is 9.59 Å². The molecule has 0 saturated carbocycles. The maximum absolute atomic E-state index is 12.6. The predicted octanol–water partition coefficient (Wildman–Crippen LogP) is 2.66. The fourth-order valence-electron chi connectivity index (χ4n) is 2.94. The molecule has 7 nitrogen and oxygen atoms in total. The number of halogens is 1. The topological polar surface area (TPSA) is 75.6 Å². The van der Waals surface area contributed by atoms with E-state index < -0.39 is 0 Å². The average molecular weight is 389 g/mol. The van der Waals surface area contributed by atoms with Crippen molar-refractivity contribution in [1.82, 2.24) is 14.9 Å². The van der Waals surface area contributed by atoms with Crippen LogP contribution in [0.1, 0.15) is 34.1 Å². The predicted molar refractivity (Wildman–Crippen MR) is 102 cm³/mol. The van der Waals surface area contributed by atoms with Crippen LogP contribution in [0, 0.1) is 0 Å². The summed E-state index contributed by atoms with van der Waals surface area (Å²) in [5, 5.41) is 0.367. The normalized spacial score (nSPS) is 14.6. The third-order valence-electron chi connectivity index (χ3n) is 4.34. The van der Waals surface area contributed by atoms with Crippen LogP contribution in [0.5, 0.6) is 0 Å². The van der Waals surface area contributed by atoms with Crippen molar-refractivity contribution in [3.8, 4) is 0 Å². The molecule has 0 aromatic carbocycles. The van der Waals surface area contributed by atoms with Crippen LogP contribution >= 0.6 is 11.6 Å². The van der Waals surface area contributed by atoms with Gasteiger partial charge in [-0.25, -0.2) is 14.8 Å². The fraction of sp³-hybridized carbons (Fsp3) is 0.368. The van der Waals surface area contributed by atoms with E-state index in [0.717, 1.165) is 18.8 Å². The molecule has 0 spiro atoms. The number of esters is 1. The Kier molecular flexibility index (Phi) is 6.24. The Hall–Kier alpha value is -2.67. The Morgan fingerprint density at radius 3 is 2.48 bits per heavy atom. The summed E-state index contributed by atoms with van der Waals surface area (Å²) in [6, 6.07) is 6.84. The van der Waals surface area contributed by atoms with E-state index in [2.05, 4.69) is 14.9 Å². The van der Waals surface area contributed by atoms with Gasteiger partial charge in [-0.2, -0.15) is 0 Å². The van der Waals surface area contributed by atoms with E-state index in [1.54, 1.807) is 25.1 Å². The lowest BCUT2D eigenvalue weighted by molar-refractivity contribution is 0.0525. The zero-order valence-electron chi connectivity index (χ0n) is 15.1. The SMILES string of the molecule is CCOC(=O)c1ccc(N2CCCN(C(=O)c3ccc(Cl)nc3)CC2)nc1. The second kappa shape index (κ2) is 8.81. The Morgan fingerprint density at radius 2 is 1.81 bits per heavy atom. The minimum atomic E-state index is -0.374. The fourth-order valence-corrected chi connectivity index (χ4v) is 3.05. The summed E-state index contributed by atoms with van der Waals surface area (Å²) >= 11 is 5.78. The summed E-state index contributed by atoms with van der Waals surface area (Å²) in [4.78, 5) is 36.7. The number of hydrogen-bond donors (Lipinski definition) is 0. The Bertz CT molecular complexity index is 796. The van der Waals surface area contributed by atoms with Crippen molar-refractivity contribution in [3.05, 3.63) is 52.9 Å². The lowest BCUT2D eigenvalue weighted by atomic mass is 10.2. The molecule has 2 aromatic rings. The van der Waals surface area contributed by atoms with E-state index in [-0.39, 0.29) is 11.9 Å². The van der Waals surface area contributed by atoms with Gasteiger partial charge in [0.2, 0.25) is 0 Å². The molecule has 142 valence electrons. The molecule has 0 N–H and O–H groups in total. The number of carbonyl (C=O) groups is 2. The van der Waals surface area contributed by atoms with Crippen molar-refractivity contribution < 1.29 is 14.3 Å². The maximum atomic E-state index is 12.6. The van der Waals surface area contributed by atoms with Crippen LogP contribution in [0.2, 0.25) is 5.15 Å². The number of rotatable bonds is 4. The Labute approximate surface area is 162 Å². The molecule has 1 amide bonds. The first-order valence-electron chi connectivity index (χ1n) is 8.87. The molecule has 0 aliphatic carbocycles. The van der Waals surface area contributed by atoms with Gasteiger partial charge in [0.15, 0.2) is 0 Å². The number of pyridine rings is 2. The average Bonchev–Trinajstić information content (AvgIpc) is 2.94. The van der Waals surface area contributed by atoms with Crippen LogP contribution in [-0.2, 0) is 4.74 Å². The largest absolute Gasteiger partial charge is 0.462 e. The molecule has 2 aromatic heterocycles. The summed E-state index contributed by atoms with van der Waals surface area (Å²) in [5.41, 5.74) is 0.965. The number of nitrogens with zero attached hydrogens (tertiary/aromatic N) is 4. The summed E-state index contributed by atoms with van der Waals surface area (Å²) in [6.45, 7) is 4.80. The minimum absolute atomic E-state index is 0.0494. The van der Waals surface area contributed by atoms with Crippen LogP contribution in [0.15, 0.2) is 36.7 Å². The first kappa shape index (κ1) is 19.1. The summed E-state index contributed by atoms with van der Waals surface area (Å²) in [5.74, 6) is 0.359. The van der Waals surface area contributed by atoms with Crippen molar-refractivity contribution >= 4 is 29.3 Å². The summed E-state index contributed by atoms with van der Waals surface area (Å²) in [7, 11) is 0. The second-order valence-corrected chi connectivity index (χ2v) is 6.52. The quantitative estimate of drug-likeness (QED) is 0.592. The first-order valence-corrected chi connectivity index (χ1v) is 9.25. The third kappa shape index (κ3) is 4.74. The van der Waals surface area contributed by atoms with Gasteiger partial charge in [0.1, 0.15) is 11.0 Å². The van der Waals surface area contributed by atoms with E-state index in [1.807, 2.05) is 11.0 Å². The molecule has 27 heavy (non-hydrogen) atoms. The Balaban J connectivity index is 1.63. The van der Waals surface area contributed by atoms with E-state index in [1.165, 1.54) is 12.4 Å². The number of ether oxygens (including phenoxy) is 1. The second-order valence-electron chi connectivity index (χ2n) is 6.13. The molecule has 8 heteroatoms. The highest BCUT2D eigenvalue weighted by Gasteiger charge is 2.21. The zero-order valence-corrected chi connectivity index (χ0v) is 15.9. The lowest BCUT2D eigenvalue weighted by Crippen LogP contribution is -2.35. The van der Waals surface area contributed by atoms with Gasteiger partial charge in [-0.3, -0.25) is 4.79 Å². The molecule has 1 aliphatic heterocycles. The molecule has 3 heterocycles. The standard InChI is InChI=1S/C19H21ClN4O3/c1-2-27-19(26)15-5-7-17(22-13-15)23-8-3-9-24(11-10-23)18(25)14-4-6-16(20)21-12-14/h4-7,12-13H,2-3,8-11H2,1H3. The van der Waals surface area contributed by atoms with Gasteiger partial charge in [-0.1, -0.05) is 11.6 Å². The first-order chi connectivity index (χ1) is 13.1. The molecular weight excluding hydrogens is 368 g/mol. The van der Waals surface area contributed by atoms with Crippen LogP contribution in [0.3, 0.4) is 0 Å². The maximum Gasteiger partial charge on any atom is 0.339 e. The van der Waals surface area contributed by atoms with Crippen molar-refractivity contribution in [2.45, 2.75) is 13.3 Å². The molecule has 1 saturated heterocycles. The summed E-state index contributed by atoms with van der Waals surface area (Å²) < 4.78 is 4.97. The highest BCUT2D eigenvalue weighted by molar-refractivity contribution is 6.29. The lowest BCUT2D eigenvalue weighted by Gasteiger charge is -2.23.